The lowest BCUT2D eigenvalue weighted by molar-refractivity contribution is 0.112. The van der Waals surface area contributed by atoms with Crippen molar-refractivity contribution < 1.29 is 4.43 Å². The molecule has 0 radical (unpaired) electrons. The number of rotatable bonds is 7. The number of hydrogen-bond donors (Lipinski definition) is 0. The first-order valence-electron chi connectivity index (χ1n) is 15.4. The highest BCUT2D eigenvalue weighted by atomic mass is 28.4. The molecular weight excluding hydrogens is 452 g/mol. The van der Waals surface area contributed by atoms with Gasteiger partial charge >= 0.3 is 0 Å². The van der Waals surface area contributed by atoms with Crippen LogP contribution in [0, 0.1) is 40.9 Å². The molecular formula is C34H60OSi. The maximum absolute atomic E-state index is 6.86. The van der Waals surface area contributed by atoms with Gasteiger partial charge in [-0.1, -0.05) is 97.8 Å². The minimum atomic E-state index is -1.71. The molecule has 3 fully saturated rings. The molecule has 0 aromatic rings. The van der Waals surface area contributed by atoms with Crippen LogP contribution in [0.2, 0.25) is 18.1 Å². The van der Waals surface area contributed by atoms with Crippen LogP contribution in [0.5, 0.6) is 0 Å². The van der Waals surface area contributed by atoms with Crippen molar-refractivity contribution in [1.82, 2.24) is 0 Å². The van der Waals surface area contributed by atoms with Crippen molar-refractivity contribution in [1.29, 1.82) is 0 Å². The molecule has 0 amide bonds. The van der Waals surface area contributed by atoms with Crippen molar-refractivity contribution in [2.45, 2.75) is 138 Å². The summed E-state index contributed by atoms with van der Waals surface area (Å²) in [7, 11) is -1.71. The Morgan fingerprint density at radius 3 is 2.25 bits per heavy atom. The van der Waals surface area contributed by atoms with Crippen molar-refractivity contribution in [3.63, 3.8) is 0 Å². The van der Waals surface area contributed by atoms with Gasteiger partial charge in [0.15, 0.2) is 8.32 Å². The molecule has 0 heterocycles. The number of fused-ring (bicyclic) bond motifs is 1. The minimum Gasteiger partial charge on any atom is -0.414 e. The summed E-state index contributed by atoms with van der Waals surface area (Å²) in [6.45, 7) is 26.5. The molecule has 0 aromatic heterocycles. The van der Waals surface area contributed by atoms with E-state index in [4.69, 9.17) is 4.43 Å². The van der Waals surface area contributed by atoms with Gasteiger partial charge in [0.1, 0.15) is 0 Å². The van der Waals surface area contributed by atoms with E-state index in [1.54, 1.807) is 11.1 Å². The topological polar surface area (TPSA) is 9.23 Å². The van der Waals surface area contributed by atoms with Crippen LogP contribution >= 0.6 is 0 Å². The zero-order chi connectivity index (χ0) is 26.9. The van der Waals surface area contributed by atoms with Gasteiger partial charge in [-0.05, 0) is 110 Å². The van der Waals surface area contributed by atoms with E-state index in [0.29, 0.717) is 29.3 Å². The Labute approximate surface area is 226 Å². The first kappa shape index (κ1) is 29.9. The molecule has 36 heavy (non-hydrogen) atoms. The van der Waals surface area contributed by atoms with E-state index in [1.165, 1.54) is 44.9 Å². The summed E-state index contributed by atoms with van der Waals surface area (Å²) >= 11 is 0. The average Bonchev–Trinajstić information content (AvgIpc) is 3.14. The number of allylic oxidation sites excluding steroid dienone is 5. The highest BCUT2D eigenvalue weighted by Crippen LogP contribution is 2.59. The first-order valence-corrected chi connectivity index (χ1v) is 18.3. The molecule has 206 valence electrons. The van der Waals surface area contributed by atoms with E-state index in [1.807, 2.05) is 0 Å². The minimum absolute atomic E-state index is 0.284. The van der Waals surface area contributed by atoms with E-state index in [0.717, 1.165) is 24.2 Å². The third-order valence-electron chi connectivity index (χ3n) is 11.2. The van der Waals surface area contributed by atoms with E-state index in [2.05, 4.69) is 99.7 Å². The van der Waals surface area contributed by atoms with Crippen molar-refractivity contribution in [3.05, 3.63) is 35.5 Å². The van der Waals surface area contributed by atoms with Gasteiger partial charge in [-0.15, -0.1) is 0 Å². The third kappa shape index (κ3) is 6.69. The Morgan fingerprint density at radius 1 is 0.944 bits per heavy atom. The standard InChI is InChI=1S/C34H60OSi/c1-24(2)25(3)14-15-27(5)31-20-21-32-28(13-12-22-34(31,32)9)17-18-29-23-30(19-16-26(29)4)35-36(10,11)33(6,7)8/h14-15,17-18,24-27,30-32H,12-13,16,19-23H2,1-11H3/b15-14+,28-17+,29-18+/t25-,26+,27+,30+,31+,32-,34+/m0/s1. The second-order valence-corrected chi connectivity index (χ2v) is 19.9. The molecule has 0 N–H and O–H groups in total. The first-order chi connectivity index (χ1) is 16.7. The van der Waals surface area contributed by atoms with Crippen LogP contribution in [-0.2, 0) is 4.43 Å². The summed E-state index contributed by atoms with van der Waals surface area (Å²) in [5.41, 5.74) is 3.86. The average molecular weight is 513 g/mol. The van der Waals surface area contributed by atoms with Crippen LogP contribution < -0.4 is 0 Å². The summed E-state index contributed by atoms with van der Waals surface area (Å²) in [6.07, 6.45) is 21.1. The van der Waals surface area contributed by atoms with Crippen molar-refractivity contribution >= 4 is 8.32 Å². The Balaban J connectivity index is 1.73. The molecule has 3 saturated carbocycles. The lowest BCUT2D eigenvalue weighted by atomic mass is 9.61. The van der Waals surface area contributed by atoms with E-state index in [9.17, 15) is 0 Å². The van der Waals surface area contributed by atoms with Crippen LogP contribution in [-0.4, -0.2) is 14.4 Å². The second-order valence-electron chi connectivity index (χ2n) is 15.1. The SMILES string of the molecule is CC(C)[C@@H](C)/C=C/[C@@H](C)[C@H]1CC[C@H]2/C(=C/C=C3\C[C@H](O[Si](C)(C)C(C)(C)C)CC[C@H]3C)CCC[C@]12C. The van der Waals surface area contributed by atoms with Crippen LogP contribution in [0.4, 0.5) is 0 Å². The monoisotopic (exact) mass is 512 g/mol. The lowest BCUT2D eigenvalue weighted by Gasteiger charge is -2.44. The predicted octanol–water partition coefficient (Wildman–Crippen LogP) is 10.8. The highest BCUT2D eigenvalue weighted by molar-refractivity contribution is 6.74. The largest absolute Gasteiger partial charge is 0.414 e. The van der Waals surface area contributed by atoms with E-state index < -0.39 is 8.32 Å². The molecule has 0 bridgehead atoms. The quantitative estimate of drug-likeness (QED) is 0.243. The van der Waals surface area contributed by atoms with Gasteiger partial charge in [0.25, 0.3) is 0 Å². The summed E-state index contributed by atoms with van der Waals surface area (Å²) < 4.78 is 6.86. The molecule has 0 spiro atoms. The predicted molar refractivity (Wildman–Crippen MR) is 162 cm³/mol. The maximum atomic E-state index is 6.86. The van der Waals surface area contributed by atoms with Crippen LogP contribution in [0.1, 0.15) is 114 Å². The Morgan fingerprint density at radius 2 is 1.61 bits per heavy atom. The van der Waals surface area contributed by atoms with Crippen molar-refractivity contribution in [2.75, 3.05) is 0 Å². The molecule has 7 atom stereocenters. The van der Waals surface area contributed by atoms with Gasteiger partial charge in [-0.25, -0.2) is 0 Å². The molecule has 0 aromatic carbocycles. The van der Waals surface area contributed by atoms with Gasteiger partial charge in [0.2, 0.25) is 0 Å². The second kappa shape index (κ2) is 11.6. The molecule has 0 aliphatic heterocycles. The fourth-order valence-corrected chi connectivity index (χ4v) is 8.57. The Hall–Kier alpha value is -0.603. The van der Waals surface area contributed by atoms with Crippen LogP contribution in [0.15, 0.2) is 35.5 Å². The molecule has 3 rings (SSSR count). The van der Waals surface area contributed by atoms with Gasteiger partial charge in [0.05, 0.1) is 0 Å². The fraction of sp³-hybridized carbons (Fsp3) is 0.824. The van der Waals surface area contributed by atoms with E-state index >= 15 is 0 Å². The summed E-state index contributed by atoms with van der Waals surface area (Å²) in [6, 6.07) is 0. The molecule has 0 saturated heterocycles. The zero-order valence-corrected chi connectivity index (χ0v) is 26.9. The van der Waals surface area contributed by atoms with Crippen molar-refractivity contribution in [2.24, 2.45) is 40.9 Å². The highest BCUT2D eigenvalue weighted by Gasteiger charge is 2.50. The third-order valence-corrected chi connectivity index (χ3v) is 15.8. The molecule has 2 heteroatoms. The van der Waals surface area contributed by atoms with Gasteiger partial charge < -0.3 is 4.43 Å². The summed E-state index contributed by atoms with van der Waals surface area (Å²) in [5.74, 6) is 4.39. The van der Waals surface area contributed by atoms with Crippen LogP contribution in [0.25, 0.3) is 0 Å². The summed E-state index contributed by atoms with van der Waals surface area (Å²) in [4.78, 5) is 0. The molecule has 3 aliphatic rings. The Bertz CT molecular complexity index is 825. The lowest BCUT2D eigenvalue weighted by Crippen LogP contribution is -2.44. The van der Waals surface area contributed by atoms with Crippen molar-refractivity contribution in [3.8, 4) is 0 Å². The fourth-order valence-electron chi connectivity index (χ4n) is 7.18. The zero-order valence-electron chi connectivity index (χ0n) is 25.9. The molecule has 0 unspecified atom stereocenters. The van der Waals surface area contributed by atoms with Gasteiger partial charge in [-0.2, -0.15) is 0 Å². The summed E-state index contributed by atoms with van der Waals surface area (Å²) in [5, 5.41) is 0.284. The molecule has 1 nitrogen and oxygen atoms in total. The molecule has 3 aliphatic carbocycles. The normalized spacial score (nSPS) is 36.1. The smallest absolute Gasteiger partial charge is 0.192 e. The van der Waals surface area contributed by atoms with Crippen LogP contribution in [0.3, 0.4) is 0 Å². The maximum Gasteiger partial charge on any atom is 0.192 e. The van der Waals surface area contributed by atoms with E-state index in [-0.39, 0.29) is 5.04 Å². The Kier molecular flexibility index (Phi) is 9.69. The van der Waals surface area contributed by atoms with Gasteiger partial charge in [-0.3, -0.25) is 0 Å². The number of hydrogen-bond acceptors (Lipinski definition) is 1. The van der Waals surface area contributed by atoms with Gasteiger partial charge in [0, 0.05) is 6.10 Å².